The van der Waals surface area contributed by atoms with Crippen molar-refractivity contribution in [2.75, 3.05) is 19.8 Å². The molecule has 8 heteroatoms. The highest BCUT2D eigenvalue weighted by molar-refractivity contribution is 7.17. The fourth-order valence-corrected chi connectivity index (χ4v) is 4.01. The quantitative estimate of drug-likeness (QED) is 0.883. The van der Waals surface area contributed by atoms with Crippen LogP contribution >= 0.6 is 11.3 Å². The molecule has 140 valence electrons. The third kappa shape index (κ3) is 3.92. The lowest BCUT2D eigenvalue weighted by Gasteiger charge is -2.36. The molecule has 0 aliphatic carbocycles. The molecule has 1 aromatic carbocycles. The van der Waals surface area contributed by atoms with Crippen molar-refractivity contribution < 1.29 is 23.4 Å². The highest BCUT2D eigenvalue weighted by Gasteiger charge is 2.31. The Labute approximate surface area is 154 Å². The van der Waals surface area contributed by atoms with Gasteiger partial charge < -0.3 is 14.7 Å². The molecule has 5 nitrogen and oxygen atoms in total. The summed E-state index contributed by atoms with van der Waals surface area (Å²) in [4.78, 5) is 19.5. The fourth-order valence-electron chi connectivity index (χ4n) is 2.99. The number of aryl methyl sites for hydroxylation is 1. The summed E-state index contributed by atoms with van der Waals surface area (Å²) in [6.45, 7) is 4.65. The van der Waals surface area contributed by atoms with Gasteiger partial charge >= 0.3 is 0 Å². The van der Waals surface area contributed by atoms with Crippen molar-refractivity contribution in [3.8, 4) is 10.6 Å². The molecule has 1 aliphatic rings. The number of aliphatic hydroxyl groups excluding tert-OH is 1. The molecule has 1 aromatic heterocycles. The number of nitrogens with zero attached hydrogens (tertiary/aromatic N) is 2. The number of morpholine rings is 1. The maximum Gasteiger partial charge on any atom is 0.266 e. The SMILES string of the molecule is Cc1nc(-c2ccc(F)c(F)c2)sc1C(=O)N1CCOC[C@@H]1C[C@H](C)O. The van der Waals surface area contributed by atoms with Gasteiger partial charge in [-0.25, -0.2) is 13.8 Å². The number of carbonyl (C=O) groups is 1. The summed E-state index contributed by atoms with van der Waals surface area (Å²) >= 11 is 1.16. The Morgan fingerprint density at radius 3 is 2.92 bits per heavy atom. The molecule has 0 radical (unpaired) electrons. The van der Waals surface area contributed by atoms with Crippen LogP contribution in [-0.4, -0.2) is 52.8 Å². The molecule has 26 heavy (non-hydrogen) atoms. The Morgan fingerprint density at radius 2 is 2.23 bits per heavy atom. The molecule has 0 spiro atoms. The number of hydrogen-bond acceptors (Lipinski definition) is 5. The number of aliphatic hydroxyl groups is 1. The minimum Gasteiger partial charge on any atom is -0.393 e. The molecular weight excluding hydrogens is 362 g/mol. The van der Waals surface area contributed by atoms with Crippen LogP contribution in [0.1, 0.15) is 28.7 Å². The number of aromatic nitrogens is 1. The van der Waals surface area contributed by atoms with Crippen LogP contribution in [0.5, 0.6) is 0 Å². The van der Waals surface area contributed by atoms with E-state index in [4.69, 9.17) is 4.74 Å². The van der Waals surface area contributed by atoms with Gasteiger partial charge in [0, 0.05) is 12.1 Å². The van der Waals surface area contributed by atoms with Gasteiger partial charge in [0.15, 0.2) is 11.6 Å². The summed E-state index contributed by atoms with van der Waals surface area (Å²) in [6, 6.07) is 3.36. The number of benzene rings is 1. The fraction of sp³-hybridized carbons (Fsp3) is 0.444. The largest absolute Gasteiger partial charge is 0.393 e. The molecule has 0 saturated carbocycles. The first-order valence-electron chi connectivity index (χ1n) is 8.36. The van der Waals surface area contributed by atoms with E-state index in [-0.39, 0.29) is 11.9 Å². The Bertz CT molecular complexity index is 810. The molecule has 2 heterocycles. The van der Waals surface area contributed by atoms with Crippen LogP contribution in [-0.2, 0) is 4.74 Å². The van der Waals surface area contributed by atoms with Crippen LogP contribution in [0.3, 0.4) is 0 Å². The van der Waals surface area contributed by atoms with E-state index < -0.39 is 17.7 Å². The summed E-state index contributed by atoms with van der Waals surface area (Å²) in [5, 5.41) is 10.1. The zero-order valence-corrected chi connectivity index (χ0v) is 15.4. The molecule has 1 N–H and O–H groups in total. The molecule has 1 fully saturated rings. The number of carbonyl (C=O) groups excluding carboxylic acids is 1. The van der Waals surface area contributed by atoms with Crippen LogP contribution in [0.4, 0.5) is 8.78 Å². The van der Waals surface area contributed by atoms with Crippen LogP contribution in [0.15, 0.2) is 18.2 Å². The smallest absolute Gasteiger partial charge is 0.266 e. The van der Waals surface area contributed by atoms with E-state index in [2.05, 4.69) is 4.98 Å². The zero-order valence-electron chi connectivity index (χ0n) is 14.5. The minimum absolute atomic E-state index is 0.178. The summed E-state index contributed by atoms with van der Waals surface area (Å²) in [7, 11) is 0. The van der Waals surface area contributed by atoms with Gasteiger partial charge in [-0.2, -0.15) is 0 Å². The van der Waals surface area contributed by atoms with Gasteiger partial charge in [-0.05, 0) is 38.5 Å². The van der Waals surface area contributed by atoms with Gasteiger partial charge in [-0.15, -0.1) is 11.3 Å². The molecule has 1 saturated heterocycles. The third-order valence-electron chi connectivity index (χ3n) is 4.26. The van der Waals surface area contributed by atoms with Crippen LogP contribution in [0, 0.1) is 18.6 Å². The monoisotopic (exact) mass is 382 g/mol. The van der Waals surface area contributed by atoms with Crippen molar-refractivity contribution in [3.63, 3.8) is 0 Å². The van der Waals surface area contributed by atoms with E-state index in [9.17, 15) is 18.7 Å². The predicted molar refractivity (Wildman–Crippen MR) is 94.1 cm³/mol. The van der Waals surface area contributed by atoms with Crippen LogP contribution in [0.2, 0.25) is 0 Å². The summed E-state index contributed by atoms with van der Waals surface area (Å²) < 4.78 is 32.0. The molecule has 0 unspecified atom stereocenters. The molecule has 1 amide bonds. The van der Waals surface area contributed by atoms with Crippen molar-refractivity contribution in [1.82, 2.24) is 9.88 Å². The lowest BCUT2D eigenvalue weighted by molar-refractivity contribution is -0.0150. The van der Waals surface area contributed by atoms with E-state index >= 15 is 0 Å². The van der Waals surface area contributed by atoms with Gasteiger partial charge in [0.1, 0.15) is 9.88 Å². The lowest BCUT2D eigenvalue weighted by Crippen LogP contribution is -2.49. The van der Waals surface area contributed by atoms with Gasteiger partial charge in [-0.1, -0.05) is 0 Å². The normalized spacial score (nSPS) is 18.8. The average Bonchev–Trinajstić information content (AvgIpc) is 2.98. The first kappa shape index (κ1) is 18.9. The average molecular weight is 382 g/mol. The second-order valence-corrected chi connectivity index (χ2v) is 7.37. The van der Waals surface area contributed by atoms with Crippen molar-refractivity contribution in [2.24, 2.45) is 0 Å². The first-order valence-corrected chi connectivity index (χ1v) is 9.18. The second-order valence-electron chi connectivity index (χ2n) is 6.37. The Hall–Kier alpha value is -1.90. The Balaban J connectivity index is 1.87. The molecule has 2 aromatic rings. The van der Waals surface area contributed by atoms with Crippen LogP contribution < -0.4 is 0 Å². The number of hydrogen-bond donors (Lipinski definition) is 1. The zero-order chi connectivity index (χ0) is 18.8. The number of amides is 1. The van der Waals surface area contributed by atoms with Gasteiger partial charge in [0.25, 0.3) is 5.91 Å². The summed E-state index contributed by atoms with van der Waals surface area (Å²) in [6.07, 6.45) is -0.114. The minimum atomic E-state index is -0.951. The third-order valence-corrected chi connectivity index (χ3v) is 5.45. The predicted octanol–water partition coefficient (Wildman–Crippen LogP) is 3.01. The molecule has 1 aliphatic heterocycles. The standard InChI is InChI=1S/C18H20F2N2O3S/c1-10(23)7-13-9-25-6-5-22(13)18(24)16-11(2)21-17(26-16)12-3-4-14(19)15(20)8-12/h3-4,8,10,13,23H,5-7,9H2,1-2H3/t10-,13-/m0/s1. The van der Waals surface area contributed by atoms with Crippen molar-refractivity contribution in [1.29, 1.82) is 0 Å². The number of rotatable bonds is 4. The maximum atomic E-state index is 13.5. The summed E-state index contributed by atoms with van der Waals surface area (Å²) in [5.41, 5.74) is 0.973. The molecule has 2 atom stereocenters. The van der Waals surface area contributed by atoms with Gasteiger partial charge in [0.2, 0.25) is 0 Å². The Kier molecular flexibility index (Phi) is 5.64. The van der Waals surface area contributed by atoms with Crippen molar-refractivity contribution in [3.05, 3.63) is 40.4 Å². The van der Waals surface area contributed by atoms with E-state index in [1.165, 1.54) is 6.07 Å². The molecular formula is C18H20F2N2O3S. The van der Waals surface area contributed by atoms with Crippen molar-refractivity contribution >= 4 is 17.2 Å². The van der Waals surface area contributed by atoms with Gasteiger partial charge in [0.05, 0.1) is 31.1 Å². The first-order chi connectivity index (χ1) is 12.4. The maximum absolute atomic E-state index is 13.5. The highest BCUT2D eigenvalue weighted by atomic mass is 32.1. The highest BCUT2D eigenvalue weighted by Crippen LogP contribution is 2.30. The van der Waals surface area contributed by atoms with Crippen molar-refractivity contribution in [2.45, 2.75) is 32.4 Å². The number of thiazole rings is 1. The van der Waals surface area contributed by atoms with E-state index in [0.717, 1.165) is 23.5 Å². The number of ether oxygens (including phenoxy) is 1. The lowest BCUT2D eigenvalue weighted by atomic mass is 10.1. The van der Waals surface area contributed by atoms with E-state index in [1.807, 2.05) is 0 Å². The van der Waals surface area contributed by atoms with E-state index in [0.29, 0.717) is 47.3 Å². The second kappa shape index (κ2) is 7.77. The molecule has 0 bridgehead atoms. The number of halogens is 2. The topological polar surface area (TPSA) is 62.7 Å². The molecule has 3 rings (SSSR count). The van der Waals surface area contributed by atoms with Crippen LogP contribution in [0.25, 0.3) is 10.6 Å². The Morgan fingerprint density at radius 1 is 1.46 bits per heavy atom. The van der Waals surface area contributed by atoms with Gasteiger partial charge in [-0.3, -0.25) is 4.79 Å². The summed E-state index contributed by atoms with van der Waals surface area (Å²) in [5.74, 6) is -2.05. The van der Waals surface area contributed by atoms with E-state index in [1.54, 1.807) is 18.7 Å².